The molecule has 2 heterocycles. The van der Waals surface area contributed by atoms with Gasteiger partial charge in [-0.3, -0.25) is 4.79 Å². The smallest absolute Gasteiger partial charge is 0.305 e. The number of ether oxygens (including phenoxy) is 1. The van der Waals surface area contributed by atoms with Crippen LogP contribution >= 0.6 is 22.9 Å². The van der Waals surface area contributed by atoms with Gasteiger partial charge in [-0.15, -0.1) is 11.3 Å². The van der Waals surface area contributed by atoms with Gasteiger partial charge in [0.05, 0.1) is 18.9 Å². The Labute approximate surface area is 114 Å². The number of carbonyl (C=O) groups is 1. The Bertz CT molecular complexity index is 610. The quantitative estimate of drug-likeness (QED) is 0.642. The van der Waals surface area contributed by atoms with Gasteiger partial charge < -0.3 is 4.74 Å². The van der Waals surface area contributed by atoms with Crippen molar-refractivity contribution in [1.82, 2.24) is 9.97 Å². The van der Waals surface area contributed by atoms with Crippen LogP contribution in [0.1, 0.15) is 22.7 Å². The average molecular weight is 285 g/mol. The monoisotopic (exact) mass is 284 g/mol. The number of aryl methyl sites for hydroxylation is 3. The Balaban J connectivity index is 2.34. The first-order valence-electron chi connectivity index (χ1n) is 5.52. The van der Waals surface area contributed by atoms with Crippen LogP contribution in [0.2, 0.25) is 5.15 Å². The number of thiophene rings is 1. The van der Waals surface area contributed by atoms with E-state index >= 15 is 0 Å². The van der Waals surface area contributed by atoms with Crippen LogP contribution in [0.25, 0.3) is 10.2 Å². The molecule has 0 saturated heterocycles. The lowest BCUT2D eigenvalue weighted by Gasteiger charge is -2.01. The first-order chi connectivity index (χ1) is 8.52. The molecule has 2 rings (SSSR count). The molecular formula is C12H13ClN2O2S. The van der Waals surface area contributed by atoms with Crippen LogP contribution in [-0.2, 0) is 16.0 Å². The molecule has 4 nitrogen and oxygen atoms in total. The molecule has 96 valence electrons. The third-order valence-electron chi connectivity index (χ3n) is 2.81. The Morgan fingerprint density at radius 2 is 2.11 bits per heavy atom. The molecule has 0 radical (unpaired) electrons. The molecule has 0 aliphatic carbocycles. The molecule has 0 aliphatic rings. The van der Waals surface area contributed by atoms with Gasteiger partial charge >= 0.3 is 5.97 Å². The maximum Gasteiger partial charge on any atom is 0.305 e. The van der Waals surface area contributed by atoms with Gasteiger partial charge in [-0.1, -0.05) is 11.6 Å². The third-order valence-corrected chi connectivity index (χ3v) is 4.19. The van der Waals surface area contributed by atoms with E-state index in [-0.39, 0.29) is 12.4 Å². The highest BCUT2D eigenvalue weighted by molar-refractivity contribution is 7.18. The van der Waals surface area contributed by atoms with Crippen LogP contribution in [0, 0.1) is 13.8 Å². The highest BCUT2D eigenvalue weighted by Gasteiger charge is 2.13. The molecule has 0 amide bonds. The van der Waals surface area contributed by atoms with E-state index in [0.717, 1.165) is 15.8 Å². The summed E-state index contributed by atoms with van der Waals surface area (Å²) in [5.41, 5.74) is 1.12. The summed E-state index contributed by atoms with van der Waals surface area (Å²) in [4.78, 5) is 21.8. The summed E-state index contributed by atoms with van der Waals surface area (Å²) in [6.45, 7) is 4.05. The molecule has 0 aromatic carbocycles. The van der Waals surface area contributed by atoms with Crippen LogP contribution in [0.4, 0.5) is 0 Å². The summed E-state index contributed by atoms with van der Waals surface area (Å²) < 4.78 is 4.59. The molecule has 0 saturated carbocycles. The summed E-state index contributed by atoms with van der Waals surface area (Å²) in [5.74, 6) is 0.313. The van der Waals surface area contributed by atoms with Crippen molar-refractivity contribution in [1.29, 1.82) is 0 Å². The zero-order valence-electron chi connectivity index (χ0n) is 10.4. The van der Waals surface area contributed by atoms with Crippen LogP contribution in [0.15, 0.2) is 0 Å². The van der Waals surface area contributed by atoms with E-state index in [1.807, 2.05) is 13.8 Å². The number of carbonyl (C=O) groups excluding carboxylic acids is 1. The number of methoxy groups -OCH3 is 1. The average Bonchev–Trinajstić information content (AvgIpc) is 2.62. The van der Waals surface area contributed by atoms with Crippen LogP contribution in [0.5, 0.6) is 0 Å². The number of fused-ring (bicyclic) bond motifs is 1. The van der Waals surface area contributed by atoms with Crippen molar-refractivity contribution in [2.45, 2.75) is 26.7 Å². The molecule has 0 N–H and O–H groups in total. The number of rotatable bonds is 3. The lowest BCUT2D eigenvalue weighted by atomic mass is 10.2. The van der Waals surface area contributed by atoms with Gasteiger partial charge in [0.1, 0.15) is 15.8 Å². The maximum atomic E-state index is 11.1. The lowest BCUT2D eigenvalue weighted by Crippen LogP contribution is -2.04. The van der Waals surface area contributed by atoms with E-state index in [1.165, 1.54) is 12.0 Å². The summed E-state index contributed by atoms with van der Waals surface area (Å²) in [6, 6.07) is 0. The second-order valence-electron chi connectivity index (χ2n) is 3.97. The van der Waals surface area contributed by atoms with Crippen molar-refractivity contribution < 1.29 is 9.53 Å². The molecule has 0 bridgehead atoms. The summed E-state index contributed by atoms with van der Waals surface area (Å²) >= 11 is 7.76. The molecule has 0 aliphatic heterocycles. The van der Waals surface area contributed by atoms with Crippen molar-refractivity contribution in [2.75, 3.05) is 7.11 Å². The van der Waals surface area contributed by atoms with Crippen LogP contribution < -0.4 is 0 Å². The number of nitrogens with zero attached hydrogens (tertiary/aromatic N) is 2. The van der Waals surface area contributed by atoms with Crippen molar-refractivity contribution in [3.8, 4) is 0 Å². The summed E-state index contributed by atoms with van der Waals surface area (Å²) in [5, 5.41) is 1.38. The number of aromatic nitrogens is 2. The predicted molar refractivity (Wildman–Crippen MR) is 72.2 cm³/mol. The van der Waals surface area contributed by atoms with E-state index in [1.54, 1.807) is 11.3 Å². The topological polar surface area (TPSA) is 52.1 Å². The molecule has 2 aromatic rings. The van der Waals surface area contributed by atoms with Gasteiger partial charge in [-0.05, 0) is 19.4 Å². The standard InChI is InChI=1S/C12H13ClN2O2S/c1-6-7(2)18-12-10(6)11(13)14-8(15-12)4-5-9(16)17-3/h4-5H2,1-3H3. The number of hydrogen-bond acceptors (Lipinski definition) is 5. The molecule has 0 atom stereocenters. The second-order valence-corrected chi connectivity index (χ2v) is 5.53. The van der Waals surface area contributed by atoms with Crippen molar-refractivity contribution in [3.05, 3.63) is 21.4 Å². The minimum Gasteiger partial charge on any atom is -0.469 e. The molecule has 2 aromatic heterocycles. The highest BCUT2D eigenvalue weighted by Crippen LogP contribution is 2.32. The Kier molecular flexibility index (Phi) is 3.82. The van der Waals surface area contributed by atoms with Crippen LogP contribution in [-0.4, -0.2) is 23.0 Å². The highest BCUT2D eigenvalue weighted by atomic mass is 35.5. The molecule has 18 heavy (non-hydrogen) atoms. The van der Waals surface area contributed by atoms with Crippen molar-refractivity contribution >= 4 is 39.1 Å². The fourth-order valence-corrected chi connectivity index (χ4v) is 3.10. The van der Waals surface area contributed by atoms with Crippen molar-refractivity contribution in [2.24, 2.45) is 0 Å². The SMILES string of the molecule is COC(=O)CCc1nc(Cl)c2c(C)c(C)sc2n1. The van der Waals surface area contributed by atoms with Gasteiger partial charge in [0.2, 0.25) is 0 Å². The Morgan fingerprint density at radius 1 is 1.39 bits per heavy atom. The first kappa shape index (κ1) is 13.2. The Morgan fingerprint density at radius 3 is 2.78 bits per heavy atom. The number of esters is 1. The minimum atomic E-state index is -0.270. The molecule has 0 unspecified atom stereocenters. The van der Waals surface area contributed by atoms with E-state index in [4.69, 9.17) is 11.6 Å². The zero-order valence-corrected chi connectivity index (χ0v) is 12.0. The first-order valence-corrected chi connectivity index (χ1v) is 6.71. The van der Waals surface area contributed by atoms with Gasteiger partial charge in [0.25, 0.3) is 0 Å². The third kappa shape index (κ3) is 2.47. The van der Waals surface area contributed by atoms with Gasteiger partial charge in [-0.2, -0.15) is 0 Å². The predicted octanol–water partition coefficient (Wildman–Crippen LogP) is 3.07. The number of halogens is 1. The lowest BCUT2D eigenvalue weighted by molar-refractivity contribution is -0.140. The van der Waals surface area contributed by atoms with E-state index in [0.29, 0.717) is 17.4 Å². The van der Waals surface area contributed by atoms with E-state index in [9.17, 15) is 4.79 Å². The van der Waals surface area contributed by atoms with Crippen LogP contribution in [0.3, 0.4) is 0 Å². The minimum absolute atomic E-state index is 0.266. The second kappa shape index (κ2) is 5.20. The normalized spacial score (nSPS) is 10.9. The van der Waals surface area contributed by atoms with E-state index < -0.39 is 0 Å². The largest absolute Gasteiger partial charge is 0.469 e. The molecule has 0 fully saturated rings. The summed E-state index contributed by atoms with van der Waals surface area (Å²) in [6.07, 6.45) is 0.708. The van der Waals surface area contributed by atoms with Gasteiger partial charge in [0, 0.05) is 11.3 Å². The fraction of sp³-hybridized carbons (Fsp3) is 0.417. The molecule has 0 spiro atoms. The zero-order chi connectivity index (χ0) is 13.3. The summed E-state index contributed by atoms with van der Waals surface area (Å²) in [7, 11) is 1.37. The Hall–Kier alpha value is -1.20. The maximum absolute atomic E-state index is 11.1. The van der Waals surface area contributed by atoms with Crippen molar-refractivity contribution in [3.63, 3.8) is 0 Å². The molecule has 6 heteroatoms. The van der Waals surface area contributed by atoms with Gasteiger partial charge in [0.15, 0.2) is 0 Å². The van der Waals surface area contributed by atoms with Gasteiger partial charge in [-0.25, -0.2) is 9.97 Å². The van der Waals surface area contributed by atoms with E-state index in [2.05, 4.69) is 14.7 Å². The number of hydrogen-bond donors (Lipinski definition) is 0. The molecular weight excluding hydrogens is 272 g/mol. The fourth-order valence-electron chi connectivity index (χ4n) is 1.67.